The summed E-state index contributed by atoms with van der Waals surface area (Å²) in [6, 6.07) is 0. The van der Waals surface area contributed by atoms with Gasteiger partial charge < -0.3 is 5.11 Å². The average molecular weight is 126 g/mol. The molecule has 1 heteroatoms. The van der Waals surface area contributed by atoms with E-state index in [1.165, 1.54) is 19.3 Å². The Bertz CT molecular complexity index is 116. The van der Waals surface area contributed by atoms with Crippen LogP contribution >= 0.6 is 0 Å². The first-order valence-electron chi connectivity index (χ1n) is 3.72. The Labute approximate surface area is 56.4 Å². The molecule has 0 bridgehead atoms. The molecule has 1 aliphatic carbocycles. The lowest BCUT2D eigenvalue weighted by Crippen LogP contribution is -2.02. The standard InChI is InChI=1S/C8H14O/c1-2-7-4-3-5-8(9)6-7/h6-7,9H,2-5H2,1H3/t7-/m1/s1. The molecule has 1 rings (SSSR count). The monoisotopic (exact) mass is 126 g/mol. The van der Waals surface area contributed by atoms with Crippen LogP contribution in [0.5, 0.6) is 0 Å². The number of aliphatic hydroxyl groups is 1. The molecule has 1 N–H and O–H groups in total. The van der Waals surface area contributed by atoms with E-state index in [1.54, 1.807) is 0 Å². The van der Waals surface area contributed by atoms with Crippen molar-refractivity contribution in [3.05, 3.63) is 11.8 Å². The second-order valence-electron chi connectivity index (χ2n) is 2.72. The first kappa shape index (κ1) is 6.66. The minimum absolute atomic E-state index is 0.605. The van der Waals surface area contributed by atoms with Gasteiger partial charge in [-0.15, -0.1) is 0 Å². The Morgan fingerprint density at radius 2 is 2.56 bits per heavy atom. The lowest BCUT2D eigenvalue weighted by molar-refractivity contribution is 0.345. The van der Waals surface area contributed by atoms with Crippen LogP contribution in [0.1, 0.15) is 32.6 Å². The Balaban J connectivity index is 2.47. The molecule has 1 aliphatic rings. The summed E-state index contributed by atoms with van der Waals surface area (Å²) in [4.78, 5) is 0. The third-order valence-electron chi connectivity index (χ3n) is 1.96. The molecule has 0 radical (unpaired) electrons. The lowest BCUT2D eigenvalue weighted by atomic mass is 9.93. The number of hydrogen-bond donors (Lipinski definition) is 1. The summed E-state index contributed by atoms with van der Waals surface area (Å²) in [5, 5.41) is 9.07. The SMILES string of the molecule is CC[C@H]1C=C(O)CCC1. The first-order chi connectivity index (χ1) is 4.33. The Hall–Kier alpha value is -0.460. The molecule has 52 valence electrons. The molecule has 9 heavy (non-hydrogen) atoms. The van der Waals surface area contributed by atoms with Crippen molar-refractivity contribution in [2.24, 2.45) is 5.92 Å². The maximum absolute atomic E-state index is 9.07. The zero-order valence-electron chi connectivity index (χ0n) is 5.93. The van der Waals surface area contributed by atoms with Crippen molar-refractivity contribution < 1.29 is 5.11 Å². The van der Waals surface area contributed by atoms with Gasteiger partial charge in [-0.2, -0.15) is 0 Å². The Morgan fingerprint density at radius 1 is 1.78 bits per heavy atom. The van der Waals surface area contributed by atoms with E-state index in [2.05, 4.69) is 6.92 Å². The van der Waals surface area contributed by atoms with Crippen molar-refractivity contribution >= 4 is 0 Å². The number of hydrogen-bond acceptors (Lipinski definition) is 1. The molecule has 0 aromatic carbocycles. The Kier molecular flexibility index (Phi) is 2.15. The smallest absolute Gasteiger partial charge is 0.0885 e. The predicted molar refractivity (Wildman–Crippen MR) is 38.3 cm³/mol. The summed E-state index contributed by atoms with van der Waals surface area (Å²) in [7, 11) is 0. The maximum Gasteiger partial charge on any atom is 0.0885 e. The maximum atomic E-state index is 9.07. The number of aliphatic hydroxyl groups excluding tert-OH is 1. The van der Waals surface area contributed by atoms with Crippen LogP contribution in [-0.2, 0) is 0 Å². The van der Waals surface area contributed by atoms with Crippen LogP contribution in [0.15, 0.2) is 11.8 Å². The van der Waals surface area contributed by atoms with Crippen molar-refractivity contribution in [1.29, 1.82) is 0 Å². The fourth-order valence-electron chi connectivity index (χ4n) is 1.31. The molecule has 0 saturated heterocycles. The second-order valence-corrected chi connectivity index (χ2v) is 2.72. The molecule has 0 spiro atoms. The first-order valence-corrected chi connectivity index (χ1v) is 3.72. The molecule has 0 amide bonds. The van der Waals surface area contributed by atoms with Gasteiger partial charge in [0.05, 0.1) is 5.76 Å². The molecular weight excluding hydrogens is 112 g/mol. The van der Waals surface area contributed by atoms with E-state index in [4.69, 9.17) is 5.11 Å². The molecule has 0 unspecified atom stereocenters. The van der Waals surface area contributed by atoms with Crippen molar-refractivity contribution in [3.63, 3.8) is 0 Å². The predicted octanol–water partition coefficient (Wildman–Crippen LogP) is 2.64. The molecule has 1 nitrogen and oxygen atoms in total. The van der Waals surface area contributed by atoms with E-state index in [1.807, 2.05) is 6.08 Å². The fourth-order valence-corrected chi connectivity index (χ4v) is 1.31. The van der Waals surface area contributed by atoms with Crippen LogP contribution in [0.2, 0.25) is 0 Å². The van der Waals surface area contributed by atoms with Crippen LogP contribution < -0.4 is 0 Å². The zero-order chi connectivity index (χ0) is 6.69. The third-order valence-corrected chi connectivity index (χ3v) is 1.96. The molecule has 0 aromatic rings. The van der Waals surface area contributed by atoms with Gasteiger partial charge in [0.25, 0.3) is 0 Å². The summed E-state index contributed by atoms with van der Waals surface area (Å²) in [6.45, 7) is 2.17. The van der Waals surface area contributed by atoms with Gasteiger partial charge in [0.2, 0.25) is 0 Å². The van der Waals surface area contributed by atoms with E-state index in [9.17, 15) is 0 Å². The van der Waals surface area contributed by atoms with E-state index >= 15 is 0 Å². The quantitative estimate of drug-likeness (QED) is 0.572. The van der Waals surface area contributed by atoms with Gasteiger partial charge in [0.1, 0.15) is 0 Å². The van der Waals surface area contributed by atoms with Gasteiger partial charge in [-0.3, -0.25) is 0 Å². The summed E-state index contributed by atoms with van der Waals surface area (Å²) < 4.78 is 0. The van der Waals surface area contributed by atoms with Crippen LogP contribution in [0, 0.1) is 5.92 Å². The van der Waals surface area contributed by atoms with Gasteiger partial charge in [0.15, 0.2) is 0 Å². The zero-order valence-corrected chi connectivity index (χ0v) is 5.93. The minimum Gasteiger partial charge on any atom is -0.513 e. The summed E-state index contributed by atoms with van der Waals surface area (Å²) in [5.74, 6) is 1.26. The lowest BCUT2D eigenvalue weighted by Gasteiger charge is -2.15. The topological polar surface area (TPSA) is 20.2 Å². The van der Waals surface area contributed by atoms with E-state index < -0.39 is 0 Å². The van der Waals surface area contributed by atoms with Crippen LogP contribution in [0.4, 0.5) is 0 Å². The Morgan fingerprint density at radius 3 is 3.00 bits per heavy atom. The van der Waals surface area contributed by atoms with E-state index in [0.29, 0.717) is 11.7 Å². The molecular formula is C8H14O. The van der Waals surface area contributed by atoms with E-state index in [-0.39, 0.29) is 0 Å². The molecule has 1 atom stereocenters. The normalized spacial score (nSPS) is 27.7. The second kappa shape index (κ2) is 2.90. The molecule has 0 fully saturated rings. The van der Waals surface area contributed by atoms with Crippen LogP contribution in [0.3, 0.4) is 0 Å². The highest BCUT2D eigenvalue weighted by atomic mass is 16.3. The highest BCUT2D eigenvalue weighted by molar-refractivity contribution is 4.98. The van der Waals surface area contributed by atoms with Gasteiger partial charge in [-0.05, 0) is 31.3 Å². The third kappa shape index (κ3) is 1.74. The minimum atomic E-state index is 0.605. The van der Waals surface area contributed by atoms with Crippen molar-refractivity contribution in [1.82, 2.24) is 0 Å². The fraction of sp³-hybridized carbons (Fsp3) is 0.750. The van der Waals surface area contributed by atoms with Gasteiger partial charge in [-0.1, -0.05) is 6.92 Å². The summed E-state index contributed by atoms with van der Waals surface area (Å²) >= 11 is 0. The molecule has 0 aliphatic heterocycles. The van der Waals surface area contributed by atoms with E-state index in [0.717, 1.165) is 6.42 Å². The van der Waals surface area contributed by atoms with Crippen LogP contribution in [-0.4, -0.2) is 5.11 Å². The molecule has 0 aromatic heterocycles. The van der Waals surface area contributed by atoms with Crippen molar-refractivity contribution in [2.45, 2.75) is 32.6 Å². The molecule has 0 saturated carbocycles. The summed E-state index contributed by atoms with van der Waals surface area (Å²) in [6.07, 6.45) is 6.51. The van der Waals surface area contributed by atoms with Gasteiger partial charge in [-0.25, -0.2) is 0 Å². The largest absolute Gasteiger partial charge is 0.513 e. The summed E-state index contributed by atoms with van der Waals surface area (Å²) in [5.41, 5.74) is 0. The molecule has 0 heterocycles. The van der Waals surface area contributed by atoms with Crippen LogP contribution in [0.25, 0.3) is 0 Å². The average Bonchev–Trinajstić information content (AvgIpc) is 1.88. The number of rotatable bonds is 1. The van der Waals surface area contributed by atoms with Gasteiger partial charge in [0, 0.05) is 6.42 Å². The van der Waals surface area contributed by atoms with Gasteiger partial charge >= 0.3 is 0 Å². The van der Waals surface area contributed by atoms with Crippen molar-refractivity contribution in [3.8, 4) is 0 Å². The highest BCUT2D eigenvalue weighted by Crippen LogP contribution is 2.22. The number of allylic oxidation sites excluding steroid dienone is 2. The highest BCUT2D eigenvalue weighted by Gasteiger charge is 2.09. The van der Waals surface area contributed by atoms with Crippen molar-refractivity contribution in [2.75, 3.05) is 0 Å².